The summed E-state index contributed by atoms with van der Waals surface area (Å²) in [6.07, 6.45) is 4.39. The number of aryl methyl sites for hydroxylation is 1. The summed E-state index contributed by atoms with van der Waals surface area (Å²) < 4.78 is 0.511. The quantitative estimate of drug-likeness (QED) is 0.736. The fraction of sp³-hybridized carbons (Fsp3) is 0.381. The second-order valence-corrected chi connectivity index (χ2v) is 9.65. The van der Waals surface area contributed by atoms with E-state index in [0.717, 1.165) is 30.5 Å². The van der Waals surface area contributed by atoms with Gasteiger partial charge in [0.2, 0.25) is 0 Å². The number of rotatable bonds is 3. The van der Waals surface area contributed by atoms with Gasteiger partial charge in [0.15, 0.2) is 0 Å². The highest BCUT2D eigenvalue weighted by Gasteiger charge is 2.23. The van der Waals surface area contributed by atoms with Gasteiger partial charge in [-0.2, -0.15) is 0 Å². The van der Waals surface area contributed by atoms with Crippen molar-refractivity contribution in [2.45, 2.75) is 36.3 Å². The highest BCUT2D eigenvalue weighted by atomic mass is 32.2. The molecule has 1 fully saturated rings. The molecule has 1 heterocycles. The van der Waals surface area contributed by atoms with Gasteiger partial charge in [0, 0.05) is 11.3 Å². The maximum atomic E-state index is 12.7. The first-order chi connectivity index (χ1) is 12.7. The van der Waals surface area contributed by atoms with Crippen molar-refractivity contribution in [2.75, 3.05) is 17.2 Å². The Morgan fingerprint density at radius 3 is 2.58 bits per heavy atom. The Labute approximate surface area is 163 Å². The average molecular weight is 385 g/mol. The summed E-state index contributed by atoms with van der Waals surface area (Å²) in [5.41, 5.74) is 11.2. The first kappa shape index (κ1) is 17.8. The van der Waals surface area contributed by atoms with Crippen LogP contribution in [-0.2, 0) is 6.42 Å². The predicted octanol–water partition coefficient (Wildman–Crippen LogP) is 4.94. The molecule has 4 rings (SSSR count). The fourth-order valence-corrected chi connectivity index (χ4v) is 6.59. The van der Waals surface area contributed by atoms with Crippen LogP contribution in [0.1, 0.15) is 56.9 Å². The van der Waals surface area contributed by atoms with Crippen LogP contribution >= 0.6 is 23.5 Å². The molecule has 26 heavy (non-hydrogen) atoms. The SMILES string of the molecule is Nc1ccc2c(c1)CCCC2NC(=O)c1ccc(C2SCCCS2)cc1. The third kappa shape index (κ3) is 3.89. The van der Waals surface area contributed by atoms with Gasteiger partial charge >= 0.3 is 0 Å². The van der Waals surface area contributed by atoms with Crippen molar-refractivity contribution in [3.8, 4) is 0 Å². The number of hydrogen-bond donors (Lipinski definition) is 2. The van der Waals surface area contributed by atoms with Crippen molar-refractivity contribution >= 4 is 35.1 Å². The van der Waals surface area contributed by atoms with E-state index in [1.807, 2.05) is 47.8 Å². The van der Waals surface area contributed by atoms with Crippen LogP contribution < -0.4 is 11.1 Å². The van der Waals surface area contributed by atoms with Crippen LogP contribution in [0.15, 0.2) is 42.5 Å². The van der Waals surface area contributed by atoms with Gasteiger partial charge in [0.05, 0.1) is 10.6 Å². The molecule has 136 valence electrons. The first-order valence-electron chi connectivity index (χ1n) is 9.23. The molecule has 0 aromatic heterocycles. The zero-order valence-corrected chi connectivity index (χ0v) is 16.4. The third-order valence-corrected chi connectivity index (χ3v) is 8.07. The minimum atomic E-state index is 0.00942. The summed E-state index contributed by atoms with van der Waals surface area (Å²) in [4.78, 5) is 12.7. The Morgan fingerprint density at radius 2 is 1.81 bits per heavy atom. The summed E-state index contributed by atoms with van der Waals surface area (Å²) in [6, 6.07) is 14.3. The Balaban J connectivity index is 1.45. The van der Waals surface area contributed by atoms with Gasteiger partial charge < -0.3 is 11.1 Å². The van der Waals surface area contributed by atoms with Crippen molar-refractivity contribution in [1.29, 1.82) is 0 Å². The molecule has 1 aliphatic heterocycles. The predicted molar refractivity (Wildman–Crippen MR) is 113 cm³/mol. The lowest BCUT2D eigenvalue weighted by Gasteiger charge is -2.27. The molecular weight excluding hydrogens is 360 g/mol. The van der Waals surface area contributed by atoms with Crippen LogP contribution in [0.25, 0.3) is 0 Å². The number of nitrogens with two attached hydrogens (primary N) is 1. The van der Waals surface area contributed by atoms with Gasteiger partial charge in [-0.15, -0.1) is 23.5 Å². The van der Waals surface area contributed by atoms with Crippen molar-refractivity contribution < 1.29 is 4.79 Å². The summed E-state index contributed by atoms with van der Waals surface area (Å²) in [5.74, 6) is 2.46. The molecular formula is C21H24N2OS2. The van der Waals surface area contributed by atoms with Gasteiger partial charge in [-0.3, -0.25) is 4.79 Å². The molecule has 1 atom stereocenters. The maximum absolute atomic E-state index is 12.7. The van der Waals surface area contributed by atoms with Crippen molar-refractivity contribution in [2.24, 2.45) is 0 Å². The molecule has 3 nitrogen and oxygen atoms in total. The molecule has 1 aliphatic carbocycles. The number of hydrogen-bond acceptors (Lipinski definition) is 4. The van der Waals surface area contributed by atoms with Crippen LogP contribution in [0, 0.1) is 0 Å². The van der Waals surface area contributed by atoms with E-state index in [-0.39, 0.29) is 11.9 Å². The Hall–Kier alpha value is -1.59. The number of nitrogen functional groups attached to an aromatic ring is 1. The zero-order valence-electron chi connectivity index (χ0n) is 14.7. The van der Waals surface area contributed by atoms with E-state index in [0.29, 0.717) is 4.58 Å². The standard InChI is InChI=1S/C21H24N2OS2/c22-17-9-10-18-16(13-17)3-1-4-19(18)23-20(24)14-5-7-15(8-6-14)21-25-11-2-12-26-21/h5-10,13,19,21H,1-4,11-12,22H2,(H,23,24). The molecule has 1 saturated heterocycles. The van der Waals surface area contributed by atoms with E-state index in [1.165, 1.54) is 34.6 Å². The lowest BCUT2D eigenvalue weighted by atomic mass is 9.87. The lowest BCUT2D eigenvalue weighted by molar-refractivity contribution is 0.0933. The molecule has 2 aliphatic rings. The lowest BCUT2D eigenvalue weighted by Crippen LogP contribution is -2.31. The van der Waals surface area contributed by atoms with E-state index in [9.17, 15) is 4.79 Å². The number of fused-ring (bicyclic) bond motifs is 1. The van der Waals surface area contributed by atoms with Crippen molar-refractivity contribution in [1.82, 2.24) is 5.32 Å². The van der Waals surface area contributed by atoms with E-state index < -0.39 is 0 Å². The summed E-state index contributed by atoms with van der Waals surface area (Å²) in [7, 11) is 0. The van der Waals surface area contributed by atoms with E-state index in [4.69, 9.17) is 5.73 Å². The molecule has 0 bridgehead atoms. The number of carbonyl (C=O) groups excluding carboxylic acids is 1. The second-order valence-electron chi connectivity index (χ2n) is 6.93. The van der Waals surface area contributed by atoms with E-state index in [1.54, 1.807) is 0 Å². The van der Waals surface area contributed by atoms with Crippen molar-refractivity contribution in [3.63, 3.8) is 0 Å². The number of amides is 1. The smallest absolute Gasteiger partial charge is 0.251 e. The van der Waals surface area contributed by atoms with Crippen LogP contribution in [0.2, 0.25) is 0 Å². The molecule has 0 spiro atoms. The van der Waals surface area contributed by atoms with E-state index in [2.05, 4.69) is 23.5 Å². The Kier molecular flexibility index (Phi) is 5.46. The summed E-state index contributed by atoms with van der Waals surface area (Å²) in [5, 5.41) is 3.22. The fourth-order valence-electron chi connectivity index (χ4n) is 3.70. The third-order valence-electron chi connectivity index (χ3n) is 5.06. The highest BCUT2D eigenvalue weighted by Crippen LogP contribution is 2.43. The molecule has 3 N–H and O–H groups in total. The average Bonchev–Trinajstić information content (AvgIpc) is 2.69. The normalized spacial score (nSPS) is 20.4. The largest absolute Gasteiger partial charge is 0.399 e. The summed E-state index contributed by atoms with van der Waals surface area (Å²) >= 11 is 4.01. The van der Waals surface area contributed by atoms with Crippen LogP contribution in [-0.4, -0.2) is 17.4 Å². The minimum absolute atomic E-state index is 0.00942. The van der Waals surface area contributed by atoms with Crippen LogP contribution in [0.3, 0.4) is 0 Å². The Bertz CT molecular complexity index is 785. The van der Waals surface area contributed by atoms with Gasteiger partial charge in [-0.1, -0.05) is 18.2 Å². The number of anilines is 1. The second kappa shape index (κ2) is 7.97. The molecule has 0 radical (unpaired) electrons. The zero-order chi connectivity index (χ0) is 17.9. The number of nitrogens with one attached hydrogen (secondary N) is 1. The van der Waals surface area contributed by atoms with Crippen LogP contribution in [0.5, 0.6) is 0 Å². The number of thioether (sulfide) groups is 2. The van der Waals surface area contributed by atoms with E-state index >= 15 is 0 Å². The maximum Gasteiger partial charge on any atom is 0.251 e. The number of carbonyl (C=O) groups is 1. The highest BCUT2D eigenvalue weighted by molar-refractivity contribution is 8.16. The first-order valence-corrected chi connectivity index (χ1v) is 11.3. The monoisotopic (exact) mass is 384 g/mol. The van der Waals surface area contributed by atoms with Gasteiger partial charge in [0.25, 0.3) is 5.91 Å². The van der Waals surface area contributed by atoms with Crippen molar-refractivity contribution in [3.05, 3.63) is 64.7 Å². The topological polar surface area (TPSA) is 55.1 Å². The Morgan fingerprint density at radius 1 is 1.04 bits per heavy atom. The minimum Gasteiger partial charge on any atom is -0.399 e. The summed E-state index contributed by atoms with van der Waals surface area (Å²) in [6.45, 7) is 0. The van der Waals surface area contributed by atoms with Gasteiger partial charge in [-0.25, -0.2) is 0 Å². The van der Waals surface area contributed by atoms with Crippen LogP contribution in [0.4, 0.5) is 5.69 Å². The molecule has 1 amide bonds. The van der Waals surface area contributed by atoms with Gasteiger partial charge in [-0.05, 0) is 78.1 Å². The molecule has 2 aromatic carbocycles. The molecule has 1 unspecified atom stereocenters. The number of benzene rings is 2. The molecule has 5 heteroatoms. The van der Waals surface area contributed by atoms with Gasteiger partial charge in [0.1, 0.15) is 0 Å². The molecule has 0 saturated carbocycles. The molecule has 2 aromatic rings.